The molecule has 0 saturated heterocycles. The van der Waals surface area contributed by atoms with Crippen molar-refractivity contribution in [2.75, 3.05) is 11.4 Å². The summed E-state index contributed by atoms with van der Waals surface area (Å²) in [6.07, 6.45) is 0.829. The molecule has 2 aromatic carbocycles. The molecule has 0 bridgehead atoms. The quantitative estimate of drug-likeness (QED) is 0.528. The lowest BCUT2D eigenvalue weighted by atomic mass is 9.96. The van der Waals surface area contributed by atoms with Gasteiger partial charge in [-0.05, 0) is 53.6 Å². The number of sulfonamides is 1. The molecule has 1 aromatic heterocycles. The average molecular weight is 443 g/mol. The molecule has 0 aliphatic carbocycles. The van der Waals surface area contributed by atoms with Gasteiger partial charge in [0.05, 0.1) is 11.7 Å². The van der Waals surface area contributed by atoms with Crippen molar-refractivity contribution in [3.05, 3.63) is 83.2 Å². The van der Waals surface area contributed by atoms with Crippen LogP contribution in [-0.2, 0) is 10.0 Å². The molecule has 0 spiro atoms. The van der Waals surface area contributed by atoms with E-state index >= 15 is 0 Å². The van der Waals surface area contributed by atoms with E-state index in [1.165, 1.54) is 22.7 Å². The maximum absolute atomic E-state index is 12.8. The Balaban J connectivity index is 1.76. The van der Waals surface area contributed by atoms with Gasteiger partial charge in [0.15, 0.2) is 0 Å². The molecule has 7 heteroatoms. The summed E-state index contributed by atoms with van der Waals surface area (Å²) in [4.78, 5) is 12.8. The molecule has 0 radical (unpaired) electrons. The molecule has 1 amide bonds. The van der Waals surface area contributed by atoms with Gasteiger partial charge in [0.2, 0.25) is 0 Å². The van der Waals surface area contributed by atoms with Crippen LogP contribution in [0, 0.1) is 5.92 Å². The zero-order chi connectivity index (χ0) is 21.7. The predicted octanol–water partition coefficient (Wildman–Crippen LogP) is 5.09. The van der Waals surface area contributed by atoms with Gasteiger partial charge in [0.25, 0.3) is 15.9 Å². The van der Waals surface area contributed by atoms with Crippen molar-refractivity contribution in [1.29, 1.82) is 0 Å². The van der Waals surface area contributed by atoms with Crippen LogP contribution in [0.5, 0.6) is 0 Å². The van der Waals surface area contributed by atoms with Crippen molar-refractivity contribution in [2.45, 2.75) is 30.5 Å². The largest absolute Gasteiger partial charge is 0.345 e. The van der Waals surface area contributed by atoms with Crippen molar-refractivity contribution >= 4 is 33.0 Å². The fraction of sp³-hybridized carbons (Fsp3) is 0.261. The number of thiophene rings is 1. The van der Waals surface area contributed by atoms with E-state index in [9.17, 15) is 13.2 Å². The van der Waals surface area contributed by atoms with Crippen LogP contribution in [0.2, 0.25) is 0 Å². The van der Waals surface area contributed by atoms with Gasteiger partial charge in [-0.3, -0.25) is 9.10 Å². The highest BCUT2D eigenvalue weighted by Gasteiger charge is 2.23. The Hall–Kier alpha value is -2.64. The third-order valence-corrected chi connectivity index (χ3v) is 7.98. The van der Waals surface area contributed by atoms with E-state index in [0.717, 1.165) is 12.0 Å². The zero-order valence-corrected chi connectivity index (χ0v) is 18.9. The summed E-state index contributed by atoms with van der Waals surface area (Å²) in [7, 11) is -2.09. The Morgan fingerprint density at radius 2 is 1.67 bits per heavy atom. The summed E-state index contributed by atoms with van der Waals surface area (Å²) in [6.45, 7) is 4.25. The summed E-state index contributed by atoms with van der Waals surface area (Å²) in [6, 6.07) is 19.7. The minimum Gasteiger partial charge on any atom is -0.345 e. The van der Waals surface area contributed by atoms with Gasteiger partial charge < -0.3 is 5.32 Å². The molecule has 0 fully saturated rings. The fourth-order valence-corrected chi connectivity index (χ4v) is 5.54. The molecule has 0 saturated carbocycles. The van der Waals surface area contributed by atoms with E-state index < -0.39 is 10.0 Å². The van der Waals surface area contributed by atoms with Crippen LogP contribution in [0.3, 0.4) is 0 Å². The molecule has 3 rings (SSSR count). The van der Waals surface area contributed by atoms with Gasteiger partial charge in [-0.15, -0.1) is 11.3 Å². The SMILES string of the molecule is CC(C)CC(NC(=O)c1ccc(N(C)S(=O)(=O)c2cccs2)cc1)c1ccccc1. The average Bonchev–Trinajstić information content (AvgIpc) is 3.29. The molecule has 30 heavy (non-hydrogen) atoms. The zero-order valence-electron chi connectivity index (χ0n) is 17.3. The molecule has 1 unspecified atom stereocenters. The summed E-state index contributed by atoms with van der Waals surface area (Å²) in [5.74, 6) is 0.244. The van der Waals surface area contributed by atoms with Gasteiger partial charge >= 0.3 is 0 Å². The number of hydrogen-bond donors (Lipinski definition) is 1. The number of rotatable bonds is 8. The first kappa shape index (κ1) is 22.1. The van der Waals surface area contributed by atoms with E-state index in [-0.39, 0.29) is 16.2 Å². The second-order valence-corrected chi connectivity index (χ2v) is 10.7. The van der Waals surface area contributed by atoms with Gasteiger partial charge in [-0.25, -0.2) is 8.42 Å². The molecule has 5 nitrogen and oxygen atoms in total. The molecule has 1 heterocycles. The van der Waals surface area contributed by atoms with Crippen LogP contribution in [0.1, 0.15) is 42.2 Å². The Bertz CT molecular complexity index is 1060. The molecule has 1 atom stereocenters. The van der Waals surface area contributed by atoms with E-state index in [4.69, 9.17) is 0 Å². The Labute approximate surface area is 182 Å². The second-order valence-electron chi connectivity index (χ2n) is 7.52. The smallest absolute Gasteiger partial charge is 0.273 e. The van der Waals surface area contributed by atoms with Crippen molar-refractivity contribution in [1.82, 2.24) is 5.32 Å². The lowest BCUT2D eigenvalue weighted by Crippen LogP contribution is -2.29. The minimum atomic E-state index is -3.60. The number of amides is 1. The molecule has 0 aliphatic rings. The Morgan fingerprint density at radius 3 is 2.23 bits per heavy atom. The summed E-state index contributed by atoms with van der Waals surface area (Å²) >= 11 is 1.18. The molecule has 3 aromatic rings. The normalized spacial score (nSPS) is 12.5. The van der Waals surface area contributed by atoms with E-state index in [1.807, 2.05) is 30.3 Å². The van der Waals surface area contributed by atoms with Crippen LogP contribution in [-0.4, -0.2) is 21.4 Å². The number of nitrogens with zero attached hydrogens (tertiary/aromatic N) is 1. The van der Waals surface area contributed by atoms with Crippen LogP contribution in [0.25, 0.3) is 0 Å². The fourth-order valence-electron chi connectivity index (χ4n) is 3.18. The third kappa shape index (κ3) is 5.09. The summed E-state index contributed by atoms with van der Waals surface area (Å²) in [5.41, 5.74) is 2.06. The van der Waals surface area contributed by atoms with E-state index in [0.29, 0.717) is 17.2 Å². The Morgan fingerprint density at radius 1 is 1.00 bits per heavy atom. The molecular weight excluding hydrogens is 416 g/mol. The standard InChI is InChI=1S/C23H26N2O3S2/c1-17(2)16-21(18-8-5-4-6-9-18)24-23(26)19-11-13-20(14-12-19)25(3)30(27,28)22-10-7-15-29-22/h4-15,17,21H,16H2,1-3H3,(H,24,26). The van der Waals surface area contributed by atoms with Gasteiger partial charge in [0, 0.05) is 12.6 Å². The Kier molecular flexibility index (Phi) is 6.95. The molecular formula is C23H26N2O3S2. The van der Waals surface area contributed by atoms with Crippen molar-refractivity contribution in [3.63, 3.8) is 0 Å². The summed E-state index contributed by atoms with van der Waals surface area (Å²) in [5, 5.41) is 4.84. The van der Waals surface area contributed by atoms with Crippen LogP contribution in [0.4, 0.5) is 5.69 Å². The van der Waals surface area contributed by atoms with Gasteiger partial charge in [-0.2, -0.15) is 0 Å². The number of nitrogens with one attached hydrogen (secondary N) is 1. The highest BCUT2D eigenvalue weighted by atomic mass is 32.2. The minimum absolute atomic E-state index is 0.0831. The lowest BCUT2D eigenvalue weighted by Gasteiger charge is -2.22. The highest BCUT2D eigenvalue weighted by Crippen LogP contribution is 2.26. The number of benzene rings is 2. The highest BCUT2D eigenvalue weighted by molar-refractivity contribution is 7.94. The third-order valence-electron chi connectivity index (χ3n) is 4.82. The molecule has 0 aliphatic heterocycles. The van der Waals surface area contributed by atoms with Crippen LogP contribution < -0.4 is 9.62 Å². The summed E-state index contributed by atoms with van der Waals surface area (Å²) < 4.78 is 26.9. The first-order valence-electron chi connectivity index (χ1n) is 9.77. The monoisotopic (exact) mass is 442 g/mol. The van der Waals surface area contributed by atoms with Gasteiger partial charge in [0.1, 0.15) is 4.21 Å². The van der Waals surface area contributed by atoms with Crippen molar-refractivity contribution < 1.29 is 13.2 Å². The maximum Gasteiger partial charge on any atom is 0.273 e. The van der Waals surface area contributed by atoms with E-state index in [2.05, 4.69) is 19.2 Å². The van der Waals surface area contributed by atoms with Crippen LogP contribution in [0.15, 0.2) is 76.3 Å². The second kappa shape index (κ2) is 9.45. The van der Waals surface area contributed by atoms with Crippen LogP contribution >= 0.6 is 11.3 Å². The first-order valence-corrected chi connectivity index (χ1v) is 12.1. The predicted molar refractivity (Wildman–Crippen MR) is 122 cm³/mol. The van der Waals surface area contributed by atoms with Crippen molar-refractivity contribution in [3.8, 4) is 0 Å². The maximum atomic E-state index is 12.8. The number of anilines is 1. The topological polar surface area (TPSA) is 66.5 Å². The van der Waals surface area contributed by atoms with E-state index in [1.54, 1.807) is 41.8 Å². The lowest BCUT2D eigenvalue weighted by molar-refractivity contribution is 0.0932. The number of carbonyl (C=O) groups excluding carboxylic acids is 1. The number of hydrogen-bond acceptors (Lipinski definition) is 4. The first-order chi connectivity index (χ1) is 14.3. The van der Waals surface area contributed by atoms with Crippen molar-refractivity contribution in [2.24, 2.45) is 5.92 Å². The van der Waals surface area contributed by atoms with Gasteiger partial charge in [-0.1, -0.05) is 50.2 Å². The molecule has 158 valence electrons. The number of carbonyl (C=O) groups is 1. The molecule has 1 N–H and O–H groups in total.